The topological polar surface area (TPSA) is 38.0 Å². The number of nitrogens with one attached hydrogen (secondary N) is 1. The van der Waals surface area contributed by atoms with E-state index in [1.54, 1.807) is 0 Å². The molecule has 1 unspecified atom stereocenters. The van der Waals surface area contributed by atoms with Crippen molar-refractivity contribution in [3.8, 4) is 12.3 Å². The van der Waals surface area contributed by atoms with Crippen LogP contribution in [0.15, 0.2) is 18.2 Å². The van der Waals surface area contributed by atoms with Crippen LogP contribution in [0.1, 0.15) is 17.2 Å². The molecular weight excluding hydrogens is 184 g/mol. The predicted octanol–water partition coefficient (Wildman–Crippen LogP) is 1.79. The predicted molar refractivity (Wildman–Crippen MR) is 55.1 cm³/mol. The average Bonchev–Trinajstić information content (AvgIpc) is 2.10. The molecule has 0 aliphatic heterocycles. The minimum Gasteiger partial charge on any atom is -0.270 e. The Balaban J connectivity index is 3.09. The van der Waals surface area contributed by atoms with E-state index in [0.717, 1.165) is 11.1 Å². The summed E-state index contributed by atoms with van der Waals surface area (Å²) in [6.07, 6.45) is 5.27. The number of hydrazine groups is 1. The van der Waals surface area contributed by atoms with E-state index in [1.165, 1.54) is 0 Å². The Morgan fingerprint density at radius 3 is 2.77 bits per heavy atom. The highest BCUT2D eigenvalue weighted by molar-refractivity contribution is 6.31. The molecule has 0 heterocycles. The van der Waals surface area contributed by atoms with E-state index < -0.39 is 0 Å². The molecule has 0 spiro atoms. The highest BCUT2D eigenvalue weighted by atomic mass is 35.5. The van der Waals surface area contributed by atoms with Crippen LogP contribution in [0.2, 0.25) is 5.02 Å². The van der Waals surface area contributed by atoms with Crippen LogP contribution in [0.4, 0.5) is 0 Å². The Hall–Kier alpha value is -1.01. The van der Waals surface area contributed by atoms with Crippen molar-refractivity contribution in [2.24, 2.45) is 5.84 Å². The van der Waals surface area contributed by atoms with Crippen LogP contribution in [-0.2, 0) is 0 Å². The van der Waals surface area contributed by atoms with Gasteiger partial charge < -0.3 is 0 Å². The van der Waals surface area contributed by atoms with Crippen molar-refractivity contribution in [3.05, 3.63) is 34.3 Å². The summed E-state index contributed by atoms with van der Waals surface area (Å²) in [4.78, 5) is 0. The third-order valence-electron chi connectivity index (χ3n) is 1.80. The molecule has 0 aliphatic rings. The molecule has 0 amide bonds. The quantitative estimate of drug-likeness (QED) is 0.428. The van der Waals surface area contributed by atoms with E-state index in [4.69, 9.17) is 23.9 Å². The molecule has 3 N–H and O–H groups in total. The lowest BCUT2D eigenvalue weighted by atomic mass is 10.1. The van der Waals surface area contributed by atoms with Gasteiger partial charge in [-0.2, -0.15) is 0 Å². The summed E-state index contributed by atoms with van der Waals surface area (Å²) in [6, 6.07) is 5.36. The van der Waals surface area contributed by atoms with Crippen LogP contribution < -0.4 is 11.3 Å². The number of aryl methyl sites for hydroxylation is 1. The molecule has 1 atom stereocenters. The fraction of sp³-hybridized carbons (Fsp3) is 0.200. The van der Waals surface area contributed by atoms with Crippen LogP contribution in [-0.4, -0.2) is 0 Å². The lowest BCUT2D eigenvalue weighted by Crippen LogP contribution is -2.26. The summed E-state index contributed by atoms with van der Waals surface area (Å²) >= 11 is 5.99. The van der Waals surface area contributed by atoms with Crippen LogP contribution in [0.25, 0.3) is 0 Å². The second-order valence-corrected chi connectivity index (χ2v) is 3.20. The molecule has 0 aliphatic carbocycles. The zero-order valence-corrected chi connectivity index (χ0v) is 8.10. The third-order valence-corrected chi connectivity index (χ3v) is 2.13. The summed E-state index contributed by atoms with van der Waals surface area (Å²) in [7, 11) is 0. The van der Waals surface area contributed by atoms with Gasteiger partial charge in [0, 0.05) is 10.6 Å². The molecule has 0 bridgehead atoms. The average molecular weight is 195 g/mol. The summed E-state index contributed by atoms with van der Waals surface area (Å²) in [5.41, 5.74) is 4.44. The largest absolute Gasteiger partial charge is 0.270 e. The first kappa shape index (κ1) is 10.1. The first-order valence-electron chi connectivity index (χ1n) is 3.87. The summed E-state index contributed by atoms with van der Waals surface area (Å²) < 4.78 is 0. The second kappa shape index (κ2) is 4.29. The molecule has 0 fully saturated rings. The first-order chi connectivity index (χ1) is 6.19. The Labute approximate surface area is 83.1 Å². The number of rotatable bonds is 2. The SMILES string of the molecule is C#CC(NN)c1ccc(C)cc1Cl. The lowest BCUT2D eigenvalue weighted by molar-refractivity contribution is 0.674. The van der Waals surface area contributed by atoms with Gasteiger partial charge in [-0.05, 0) is 18.6 Å². The molecule has 3 heteroatoms. The molecule has 1 aromatic carbocycles. The monoisotopic (exact) mass is 194 g/mol. The van der Waals surface area contributed by atoms with Crippen LogP contribution >= 0.6 is 11.6 Å². The zero-order chi connectivity index (χ0) is 9.84. The van der Waals surface area contributed by atoms with Gasteiger partial charge >= 0.3 is 0 Å². The van der Waals surface area contributed by atoms with Gasteiger partial charge in [-0.15, -0.1) is 6.42 Å². The molecule has 0 saturated carbocycles. The number of hydrogen-bond donors (Lipinski definition) is 2. The van der Waals surface area contributed by atoms with Gasteiger partial charge in [0.15, 0.2) is 0 Å². The Morgan fingerprint density at radius 1 is 1.62 bits per heavy atom. The molecule has 2 nitrogen and oxygen atoms in total. The molecule has 1 rings (SSSR count). The van der Waals surface area contributed by atoms with Gasteiger partial charge in [-0.25, -0.2) is 5.43 Å². The Morgan fingerprint density at radius 2 is 2.31 bits per heavy atom. The highest BCUT2D eigenvalue weighted by Crippen LogP contribution is 2.22. The molecular formula is C10H11ClN2. The van der Waals surface area contributed by atoms with Crippen molar-refractivity contribution < 1.29 is 0 Å². The molecule has 1 aromatic rings. The van der Waals surface area contributed by atoms with E-state index in [1.807, 2.05) is 25.1 Å². The molecule has 0 radical (unpaired) electrons. The van der Waals surface area contributed by atoms with E-state index in [0.29, 0.717) is 5.02 Å². The zero-order valence-electron chi connectivity index (χ0n) is 7.34. The fourth-order valence-corrected chi connectivity index (χ4v) is 1.44. The van der Waals surface area contributed by atoms with Crippen molar-refractivity contribution >= 4 is 11.6 Å². The minimum absolute atomic E-state index is 0.326. The number of hydrogen-bond acceptors (Lipinski definition) is 2. The summed E-state index contributed by atoms with van der Waals surface area (Å²) in [5, 5.41) is 0.640. The minimum atomic E-state index is -0.326. The van der Waals surface area contributed by atoms with E-state index in [9.17, 15) is 0 Å². The van der Waals surface area contributed by atoms with Crippen molar-refractivity contribution in [1.82, 2.24) is 5.43 Å². The van der Waals surface area contributed by atoms with E-state index >= 15 is 0 Å². The Bertz CT molecular complexity index is 341. The van der Waals surface area contributed by atoms with E-state index in [2.05, 4.69) is 11.3 Å². The van der Waals surface area contributed by atoms with Crippen molar-refractivity contribution in [2.45, 2.75) is 13.0 Å². The standard InChI is InChI=1S/C10H11ClN2/c1-3-10(13-12)8-5-4-7(2)6-9(8)11/h1,4-6,10,13H,12H2,2H3. The maximum atomic E-state index is 5.99. The van der Waals surface area contributed by atoms with Crippen LogP contribution in [0.5, 0.6) is 0 Å². The third kappa shape index (κ3) is 2.22. The number of terminal acetylenes is 1. The van der Waals surface area contributed by atoms with Crippen LogP contribution in [0.3, 0.4) is 0 Å². The molecule has 13 heavy (non-hydrogen) atoms. The van der Waals surface area contributed by atoms with Crippen molar-refractivity contribution in [2.75, 3.05) is 0 Å². The smallest absolute Gasteiger partial charge is 0.108 e. The second-order valence-electron chi connectivity index (χ2n) is 2.79. The van der Waals surface area contributed by atoms with Crippen molar-refractivity contribution in [3.63, 3.8) is 0 Å². The molecule has 68 valence electrons. The molecule has 0 saturated heterocycles. The van der Waals surface area contributed by atoms with Gasteiger partial charge in [-0.1, -0.05) is 29.7 Å². The first-order valence-corrected chi connectivity index (χ1v) is 4.25. The van der Waals surface area contributed by atoms with Gasteiger partial charge in [0.2, 0.25) is 0 Å². The lowest BCUT2D eigenvalue weighted by Gasteiger charge is -2.11. The van der Waals surface area contributed by atoms with Gasteiger partial charge in [0.1, 0.15) is 6.04 Å². The van der Waals surface area contributed by atoms with Gasteiger partial charge in [-0.3, -0.25) is 5.84 Å². The normalized spacial score (nSPS) is 12.2. The van der Waals surface area contributed by atoms with Gasteiger partial charge in [0.25, 0.3) is 0 Å². The number of nitrogens with two attached hydrogens (primary N) is 1. The maximum absolute atomic E-state index is 5.99. The summed E-state index contributed by atoms with van der Waals surface area (Å²) in [6.45, 7) is 1.97. The maximum Gasteiger partial charge on any atom is 0.108 e. The molecule has 0 aromatic heterocycles. The number of benzene rings is 1. The summed E-state index contributed by atoms with van der Waals surface area (Å²) in [5.74, 6) is 7.78. The highest BCUT2D eigenvalue weighted by Gasteiger charge is 2.09. The van der Waals surface area contributed by atoms with E-state index in [-0.39, 0.29) is 6.04 Å². The van der Waals surface area contributed by atoms with Gasteiger partial charge in [0.05, 0.1) is 0 Å². The van der Waals surface area contributed by atoms with Crippen molar-refractivity contribution in [1.29, 1.82) is 0 Å². The number of halogens is 1. The fourth-order valence-electron chi connectivity index (χ4n) is 1.09. The Kier molecular flexibility index (Phi) is 3.32. The van der Waals surface area contributed by atoms with Crippen LogP contribution in [0, 0.1) is 19.3 Å².